The van der Waals surface area contributed by atoms with E-state index in [4.69, 9.17) is 4.74 Å². The van der Waals surface area contributed by atoms with E-state index in [-0.39, 0.29) is 17.4 Å². The number of nitrogens with zero attached hydrogens (tertiary/aromatic N) is 1. The zero-order valence-corrected chi connectivity index (χ0v) is 15.8. The minimum atomic E-state index is -0.648. The van der Waals surface area contributed by atoms with Gasteiger partial charge in [-0.2, -0.15) is 0 Å². The number of ether oxygens (including phenoxy) is 1. The first-order chi connectivity index (χ1) is 13.6. The van der Waals surface area contributed by atoms with Crippen molar-refractivity contribution >= 4 is 17.4 Å². The summed E-state index contributed by atoms with van der Waals surface area (Å²) in [7, 11) is 0. The second-order valence-electron chi connectivity index (χ2n) is 7.36. The Kier molecular flexibility index (Phi) is 5.01. The van der Waals surface area contributed by atoms with Crippen LogP contribution in [0.15, 0.2) is 60.2 Å². The molecule has 4 rings (SSSR count). The summed E-state index contributed by atoms with van der Waals surface area (Å²) in [4.78, 5) is 27.3. The molecule has 144 valence electrons. The molecule has 2 aliphatic heterocycles. The van der Waals surface area contributed by atoms with E-state index in [1.165, 1.54) is 0 Å². The minimum absolute atomic E-state index is 0.0806. The smallest absolute Gasteiger partial charge is 0.295 e. The number of ketones is 1. The molecule has 28 heavy (non-hydrogen) atoms. The van der Waals surface area contributed by atoms with Crippen LogP contribution in [0.5, 0.6) is 0 Å². The van der Waals surface area contributed by atoms with Gasteiger partial charge < -0.3 is 14.7 Å². The Morgan fingerprint density at radius 3 is 2.46 bits per heavy atom. The number of amides is 1. The molecule has 0 aromatic heterocycles. The van der Waals surface area contributed by atoms with Crippen molar-refractivity contribution in [3.63, 3.8) is 0 Å². The van der Waals surface area contributed by atoms with Crippen molar-refractivity contribution in [2.75, 3.05) is 13.2 Å². The lowest BCUT2D eigenvalue weighted by Gasteiger charge is -2.27. The molecule has 2 fully saturated rings. The lowest BCUT2D eigenvalue weighted by atomic mass is 9.94. The van der Waals surface area contributed by atoms with E-state index in [9.17, 15) is 14.7 Å². The molecule has 2 atom stereocenters. The molecule has 2 aromatic rings. The molecule has 2 saturated heterocycles. The third-order valence-electron chi connectivity index (χ3n) is 5.40. The van der Waals surface area contributed by atoms with Gasteiger partial charge in [0.15, 0.2) is 0 Å². The van der Waals surface area contributed by atoms with Gasteiger partial charge in [-0.05, 0) is 25.3 Å². The molecule has 2 heterocycles. The van der Waals surface area contributed by atoms with Gasteiger partial charge in [0.25, 0.3) is 11.7 Å². The van der Waals surface area contributed by atoms with Crippen LogP contribution in [-0.4, -0.2) is 41.0 Å². The molecule has 0 unspecified atom stereocenters. The van der Waals surface area contributed by atoms with Crippen LogP contribution < -0.4 is 0 Å². The van der Waals surface area contributed by atoms with Crippen molar-refractivity contribution in [3.8, 4) is 0 Å². The third-order valence-corrected chi connectivity index (χ3v) is 5.40. The number of carbonyl (C=O) groups is 2. The van der Waals surface area contributed by atoms with E-state index in [1.807, 2.05) is 37.3 Å². The molecule has 1 N–H and O–H groups in total. The fourth-order valence-electron chi connectivity index (χ4n) is 3.92. The number of hydrogen-bond acceptors (Lipinski definition) is 4. The second kappa shape index (κ2) is 7.60. The van der Waals surface area contributed by atoms with E-state index in [2.05, 4.69) is 0 Å². The Bertz CT molecular complexity index is 911. The highest BCUT2D eigenvalue weighted by Crippen LogP contribution is 2.40. The van der Waals surface area contributed by atoms with Crippen LogP contribution in [0.4, 0.5) is 0 Å². The maximum atomic E-state index is 12.9. The Morgan fingerprint density at radius 2 is 1.82 bits per heavy atom. The molecule has 5 heteroatoms. The summed E-state index contributed by atoms with van der Waals surface area (Å²) in [6, 6.07) is 16.0. The maximum Gasteiger partial charge on any atom is 0.295 e. The fraction of sp³-hybridized carbons (Fsp3) is 0.304. The van der Waals surface area contributed by atoms with Crippen LogP contribution in [0.25, 0.3) is 5.76 Å². The fourth-order valence-corrected chi connectivity index (χ4v) is 3.92. The number of likely N-dealkylation sites (tertiary alicyclic amines) is 1. The number of aliphatic hydroxyl groups excluding tert-OH is 1. The first kappa shape index (κ1) is 18.4. The van der Waals surface area contributed by atoms with Crippen molar-refractivity contribution < 1.29 is 19.4 Å². The summed E-state index contributed by atoms with van der Waals surface area (Å²) in [6.07, 6.45) is 1.73. The first-order valence-electron chi connectivity index (χ1n) is 9.58. The molecule has 2 aliphatic rings. The topological polar surface area (TPSA) is 66.8 Å². The number of carbonyl (C=O) groups excluding carboxylic acids is 2. The zero-order chi connectivity index (χ0) is 19.7. The van der Waals surface area contributed by atoms with Crippen LogP contribution in [0.2, 0.25) is 0 Å². The predicted octanol–water partition coefficient (Wildman–Crippen LogP) is 3.60. The summed E-state index contributed by atoms with van der Waals surface area (Å²) in [5, 5.41) is 10.9. The highest BCUT2D eigenvalue weighted by Gasteiger charge is 2.46. The molecule has 0 radical (unpaired) electrons. The van der Waals surface area contributed by atoms with Gasteiger partial charge >= 0.3 is 0 Å². The highest BCUT2D eigenvalue weighted by atomic mass is 16.5. The largest absolute Gasteiger partial charge is 0.507 e. The van der Waals surface area contributed by atoms with Crippen molar-refractivity contribution in [3.05, 3.63) is 76.9 Å². The van der Waals surface area contributed by atoms with Crippen LogP contribution >= 0.6 is 0 Å². The molecule has 0 aliphatic carbocycles. The van der Waals surface area contributed by atoms with E-state index >= 15 is 0 Å². The maximum absolute atomic E-state index is 12.9. The molecule has 0 bridgehead atoms. The van der Waals surface area contributed by atoms with Gasteiger partial charge in [0, 0.05) is 18.7 Å². The summed E-state index contributed by atoms with van der Waals surface area (Å²) >= 11 is 0. The van der Waals surface area contributed by atoms with Gasteiger partial charge in [0.05, 0.1) is 17.7 Å². The summed E-state index contributed by atoms with van der Waals surface area (Å²) in [5.74, 6) is -1.37. The molecule has 5 nitrogen and oxygen atoms in total. The van der Waals surface area contributed by atoms with Gasteiger partial charge in [-0.1, -0.05) is 60.2 Å². The average Bonchev–Trinajstić information content (AvgIpc) is 3.31. The van der Waals surface area contributed by atoms with Gasteiger partial charge in [0.2, 0.25) is 0 Å². The van der Waals surface area contributed by atoms with Crippen LogP contribution in [0, 0.1) is 6.92 Å². The summed E-state index contributed by atoms with van der Waals surface area (Å²) in [5.41, 5.74) is 2.55. The van der Waals surface area contributed by atoms with E-state index in [1.54, 1.807) is 29.2 Å². The summed E-state index contributed by atoms with van der Waals surface area (Å²) in [6.45, 7) is 3.00. The summed E-state index contributed by atoms with van der Waals surface area (Å²) < 4.78 is 5.70. The molecular formula is C23H23NO4. The van der Waals surface area contributed by atoms with Crippen LogP contribution in [0.1, 0.15) is 35.6 Å². The number of aryl methyl sites for hydroxylation is 1. The van der Waals surface area contributed by atoms with E-state index in [0.717, 1.165) is 24.0 Å². The van der Waals surface area contributed by atoms with E-state index < -0.39 is 17.7 Å². The third kappa shape index (κ3) is 3.34. The number of Topliss-reactive ketones (excluding diaryl/α,β-unsaturated/α-hetero) is 1. The Balaban J connectivity index is 1.81. The van der Waals surface area contributed by atoms with Gasteiger partial charge in [-0.25, -0.2) is 0 Å². The molecule has 1 amide bonds. The number of benzene rings is 2. The molecule has 2 aromatic carbocycles. The first-order valence-corrected chi connectivity index (χ1v) is 9.58. The van der Waals surface area contributed by atoms with Gasteiger partial charge in [0.1, 0.15) is 5.76 Å². The molecule has 0 saturated carbocycles. The monoisotopic (exact) mass is 377 g/mol. The SMILES string of the molecule is Cc1ccc([C@@H]2/C(=C(\O)c3ccccc3)C(=O)C(=O)N2C[C@H]2CCCO2)cc1. The minimum Gasteiger partial charge on any atom is -0.507 e. The predicted molar refractivity (Wildman–Crippen MR) is 106 cm³/mol. The lowest BCUT2D eigenvalue weighted by Crippen LogP contribution is -2.36. The van der Waals surface area contributed by atoms with Crippen LogP contribution in [0.3, 0.4) is 0 Å². The Morgan fingerprint density at radius 1 is 1.11 bits per heavy atom. The van der Waals surface area contributed by atoms with Crippen molar-refractivity contribution in [2.24, 2.45) is 0 Å². The quantitative estimate of drug-likeness (QED) is 0.502. The molecular weight excluding hydrogens is 354 g/mol. The van der Waals surface area contributed by atoms with Gasteiger partial charge in [-0.3, -0.25) is 9.59 Å². The van der Waals surface area contributed by atoms with Crippen molar-refractivity contribution in [1.82, 2.24) is 4.90 Å². The molecule has 0 spiro atoms. The zero-order valence-electron chi connectivity index (χ0n) is 15.8. The average molecular weight is 377 g/mol. The van der Waals surface area contributed by atoms with Gasteiger partial charge in [-0.15, -0.1) is 0 Å². The highest BCUT2D eigenvalue weighted by molar-refractivity contribution is 6.46. The standard InChI is InChI=1S/C23H23NO4/c1-15-9-11-16(12-10-15)20-19(21(25)17-6-3-2-4-7-17)22(26)23(27)24(20)14-18-8-5-13-28-18/h2-4,6-7,9-12,18,20,25H,5,8,13-14H2,1H3/b21-19+/t18-,20-/m1/s1. The Labute approximate surface area is 164 Å². The van der Waals surface area contributed by atoms with E-state index in [0.29, 0.717) is 18.7 Å². The van der Waals surface area contributed by atoms with Crippen molar-refractivity contribution in [2.45, 2.75) is 31.9 Å². The second-order valence-corrected chi connectivity index (χ2v) is 7.36. The number of hydrogen-bond donors (Lipinski definition) is 1. The van der Waals surface area contributed by atoms with Crippen LogP contribution in [-0.2, 0) is 14.3 Å². The lowest BCUT2D eigenvalue weighted by molar-refractivity contribution is -0.140. The normalized spacial score (nSPS) is 24.1. The number of rotatable bonds is 4. The number of aliphatic hydroxyl groups is 1. The Hall–Kier alpha value is -2.92. The van der Waals surface area contributed by atoms with Crippen molar-refractivity contribution in [1.29, 1.82) is 0 Å².